The van der Waals surface area contributed by atoms with Crippen molar-refractivity contribution in [3.63, 3.8) is 0 Å². The molecule has 1 atom stereocenters. The summed E-state index contributed by atoms with van der Waals surface area (Å²) in [4.78, 5) is 12.4. The molecule has 1 aliphatic rings. The molecule has 32 heavy (non-hydrogen) atoms. The number of hydrogen-bond donors (Lipinski definition) is 1. The zero-order valence-corrected chi connectivity index (χ0v) is 19.7. The molecule has 2 heterocycles. The maximum atomic E-state index is 12.4. The third-order valence-corrected chi connectivity index (χ3v) is 6.69. The third-order valence-electron chi connectivity index (χ3n) is 5.03. The Morgan fingerprint density at radius 2 is 2.03 bits per heavy atom. The van der Waals surface area contributed by atoms with Crippen molar-refractivity contribution in [2.45, 2.75) is 24.1 Å². The molecule has 7 nitrogen and oxygen atoms in total. The molecule has 0 aliphatic carbocycles. The SMILES string of the molecule is COc1ccc(-c2nnc(SCC(=O)NCC3CCCO3)n2-c2ccc(Cl)c(Cl)c2)cc1. The number of aromatic nitrogens is 3. The van der Waals surface area contributed by atoms with Crippen LogP contribution >= 0.6 is 35.0 Å². The molecule has 10 heteroatoms. The summed E-state index contributed by atoms with van der Waals surface area (Å²) in [5.41, 5.74) is 1.59. The second-order valence-corrected chi connectivity index (χ2v) is 8.95. The van der Waals surface area contributed by atoms with Crippen molar-refractivity contribution in [2.24, 2.45) is 0 Å². The van der Waals surface area contributed by atoms with E-state index in [2.05, 4.69) is 15.5 Å². The summed E-state index contributed by atoms with van der Waals surface area (Å²) < 4.78 is 12.7. The fourth-order valence-corrected chi connectivity index (χ4v) is 4.44. The van der Waals surface area contributed by atoms with Gasteiger partial charge in [0.2, 0.25) is 5.91 Å². The highest BCUT2D eigenvalue weighted by molar-refractivity contribution is 7.99. The minimum Gasteiger partial charge on any atom is -0.497 e. The van der Waals surface area contributed by atoms with E-state index in [-0.39, 0.29) is 17.8 Å². The van der Waals surface area contributed by atoms with E-state index in [9.17, 15) is 4.79 Å². The molecule has 3 aromatic rings. The standard InChI is InChI=1S/C22H22Cl2N4O3S/c1-30-16-7-4-14(5-8-16)21-26-27-22(28(21)15-6-9-18(23)19(24)11-15)32-13-20(29)25-12-17-3-2-10-31-17/h4-9,11,17H,2-3,10,12-13H2,1H3,(H,25,29). The molecule has 2 aromatic carbocycles. The molecular formula is C22H22Cl2N4O3S. The smallest absolute Gasteiger partial charge is 0.230 e. The Balaban J connectivity index is 1.57. The molecule has 1 amide bonds. The Kier molecular flexibility index (Phi) is 7.57. The number of rotatable bonds is 8. The Hall–Kier alpha value is -2.26. The van der Waals surface area contributed by atoms with Crippen LogP contribution in [0.2, 0.25) is 10.0 Å². The van der Waals surface area contributed by atoms with Gasteiger partial charge in [-0.15, -0.1) is 10.2 Å². The molecule has 0 radical (unpaired) electrons. The number of nitrogens with one attached hydrogen (secondary N) is 1. The number of thioether (sulfide) groups is 1. The minimum atomic E-state index is -0.0832. The van der Waals surface area contributed by atoms with Crippen LogP contribution in [0, 0.1) is 0 Å². The second kappa shape index (κ2) is 10.6. The van der Waals surface area contributed by atoms with Crippen LogP contribution in [0.5, 0.6) is 5.75 Å². The zero-order valence-electron chi connectivity index (χ0n) is 17.4. The maximum absolute atomic E-state index is 12.4. The van der Waals surface area contributed by atoms with E-state index in [1.54, 1.807) is 19.2 Å². The van der Waals surface area contributed by atoms with E-state index in [0.29, 0.717) is 27.6 Å². The Bertz CT molecular complexity index is 1090. The van der Waals surface area contributed by atoms with Gasteiger partial charge in [0.05, 0.1) is 34.7 Å². The monoisotopic (exact) mass is 492 g/mol. The van der Waals surface area contributed by atoms with E-state index in [0.717, 1.165) is 36.4 Å². The van der Waals surface area contributed by atoms with Gasteiger partial charge in [-0.05, 0) is 55.3 Å². The second-order valence-electron chi connectivity index (χ2n) is 7.20. The average Bonchev–Trinajstić information content (AvgIpc) is 3.48. The van der Waals surface area contributed by atoms with Gasteiger partial charge in [0.1, 0.15) is 5.75 Å². The zero-order chi connectivity index (χ0) is 22.5. The molecule has 1 aromatic heterocycles. The number of methoxy groups -OCH3 is 1. The van der Waals surface area contributed by atoms with Crippen LogP contribution in [0.3, 0.4) is 0 Å². The van der Waals surface area contributed by atoms with Crippen LogP contribution in [0.25, 0.3) is 17.1 Å². The normalized spacial score (nSPS) is 15.7. The van der Waals surface area contributed by atoms with E-state index in [4.69, 9.17) is 32.7 Å². The lowest BCUT2D eigenvalue weighted by atomic mass is 10.2. The topological polar surface area (TPSA) is 78.3 Å². The van der Waals surface area contributed by atoms with Crippen LogP contribution in [0.4, 0.5) is 0 Å². The highest BCUT2D eigenvalue weighted by Crippen LogP contribution is 2.32. The highest BCUT2D eigenvalue weighted by atomic mass is 35.5. The third kappa shape index (κ3) is 5.38. The van der Waals surface area contributed by atoms with Gasteiger partial charge in [-0.3, -0.25) is 9.36 Å². The summed E-state index contributed by atoms with van der Waals surface area (Å²) in [6, 6.07) is 12.8. The molecule has 1 aliphatic heterocycles. The van der Waals surface area contributed by atoms with Gasteiger partial charge in [-0.2, -0.15) is 0 Å². The fraction of sp³-hybridized carbons (Fsp3) is 0.318. The predicted octanol–water partition coefficient (Wildman–Crippen LogP) is 4.64. The van der Waals surface area contributed by atoms with Crippen LogP contribution < -0.4 is 10.1 Å². The lowest BCUT2D eigenvalue weighted by Crippen LogP contribution is -2.32. The molecular weight excluding hydrogens is 471 g/mol. The maximum Gasteiger partial charge on any atom is 0.230 e. The van der Waals surface area contributed by atoms with Gasteiger partial charge in [-0.25, -0.2) is 0 Å². The summed E-state index contributed by atoms with van der Waals surface area (Å²) in [6.07, 6.45) is 2.12. The van der Waals surface area contributed by atoms with Crippen LogP contribution in [0.1, 0.15) is 12.8 Å². The predicted molar refractivity (Wildman–Crippen MR) is 126 cm³/mol. The summed E-state index contributed by atoms with van der Waals surface area (Å²) in [6.45, 7) is 1.28. The van der Waals surface area contributed by atoms with Gasteiger partial charge in [-0.1, -0.05) is 35.0 Å². The van der Waals surface area contributed by atoms with Crippen molar-refractivity contribution >= 4 is 40.9 Å². The first-order chi connectivity index (χ1) is 15.5. The molecule has 1 unspecified atom stereocenters. The van der Waals surface area contributed by atoms with Crippen LogP contribution in [0.15, 0.2) is 47.6 Å². The van der Waals surface area contributed by atoms with E-state index >= 15 is 0 Å². The lowest BCUT2D eigenvalue weighted by molar-refractivity contribution is -0.119. The van der Waals surface area contributed by atoms with Gasteiger partial charge in [0, 0.05) is 18.7 Å². The Labute approximate surface area is 200 Å². The van der Waals surface area contributed by atoms with Crippen molar-refractivity contribution in [3.05, 3.63) is 52.5 Å². The number of carbonyl (C=O) groups is 1. The number of amides is 1. The van der Waals surface area contributed by atoms with Crippen LogP contribution in [-0.4, -0.2) is 52.8 Å². The number of hydrogen-bond acceptors (Lipinski definition) is 6. The first-order valence-corrected chi connectivity index (χ1v) is 11.9. The minimum absolute atomic E-state index is 0.0832. The van der Waals surface area contributed by atoms with Crippen molar-refractivity contribution in [3.8, 4) is 22.8 Å². The summed E-state index contributed by atoms with van der Waals surface area (Å²) >= 11 is 13.7. The molecule has 0 saturated carbocycles. The summed E-state index contributed by atoms with van der Waals surface area (Å²) in [7, 11) is 1.62. The Morgan fingerprint density at radius 1 is 1.22 bits per heavy atom. The summed E-state index contributed by atoms with van der Waals surface area (Å²) in [5.74, 6) is 1.48. The number of halogens is 2. The van der Waals surface area contributed by atoms with Gasteiger partial charge in [0.25, 0.3) is 0 Å². The average molecular weight is 493 g/mol. The van der Waals surface area contributed by atoms with E-state index in [1.165, 1.54) is 11.8 Å². The first-order valence-electron chi connectivity index (χ1n) is 10.1. The van der Waals surface area contributed by atoms with Crippen LogP contribution in [-0.2, 0) is 9.53 Å². The lowest BCUT2D eigenvalue weighted by Gasteiger charge is -2.12. The molecule has 1 saturated heterocycles. The molecule has 168 valence electrons. The van der Waals surface area contributed by atoms with E-state index < -0.39 is 0 Å². The molecule has 0 bridgehead atoms. The van der Waals surface area contributed by atoms with Crippen molar-refractivity contribution < 1.29 is 14.3 Å². The molecule has 0 spiro atoms. The molecule has 1 N–H and O–H groups in total. The summed E-state index contributed by atoms with van der Waals surface area (Å²) in [5, 5.41) is 13.1. The molecule has 4 rings (SSSR count). The van der Waals surface area contributed by atoms with Gasteiger partial charge >= 0.3 is 0 Å². The van der Waals surface area contributed by atoms with Gasteiger partial charge in [0.15, 0.2) is 11.0 Å². The van der Waals surface area contributed by atoms with Crippen molar-refractivity contribution in [1.82, 2.24) is 20.1 Å². The molecule has 1 fully saturated rings. The van der Waals surface area contributed by atoms with E-state index in [1.807, 2.05) is 34.9 Å². The van der Waals surface area contributed by atoms with Crippen molar-refractivity contribution in [2.75, 3.05) is 26.0 Å². The largest absolute Gasteiger partial charge is 0.497 e. The number of ether oxygens (including phenoxy) is 2. The quantitative estimate of drug-likeness (QED) is 0.461. The number of nitrogens with zero attached hydrogens (tertiary/aromatic N) is 3. The van der Waals surface area contributed by atoms with Gasteiger partial charge < -0.3 is 14.8 Å². The van der Waals surface area contributed by atoms with Crippen molar-refractivity contribution in [1.29, 1.82) is 0 Å². The fourth-order valence-electron chi connectivity index (χ4n) is 3.36. The number of carbonyl (C=O) groups excluding carboxylic acids is 1. The Morgan fingerprint density at radius 3 is 2.72 bits per heavy atom. The first kappa shape index (κ1) is 22.9. The highest BCUT2D eigenvalue weighted by Gasteiger charge is 2.20. The number of benzene rings is 2.